The molecule has 0 aromatic carbocycles. The molecule has 1 aliphatic heterocycles. The molecule has 4 nitrogen and oxygen atoms in total. The van der Waals surface area contributed by atoms with Crippen molar-refractivity contribution in [2.75, 3.05) is 13.6 Å². The molecular weight excluding hydrogens is 168 g/mol. The van der Waals surface area contributed by atoms with Crippen LogP contribution in [0.1, 0.15) is 13.8 Å². The molecule has 0 unspecified atom stereocenters. The van der Waals surface area contributed by atoms with Gasteiger partial charge in [-0.05, 0) is 13.8 Å². The quantitative estimate of drug-likeness (QED) is 0.469. The summed E-state index contributed by atoms with van der Waals surface area (Å²) in [6.45, 7) is 7.25. The summed E-state index contributed by atoms with van der Waals surface area (Å²) >= 11 is 0. The molecule has 1 heterocycles. The molecule has 0 atom stereocenters. The number of urea groups is 1. The van der Waals surface area contributed by atoms with Crippen LogP contribution in [0.25, 0.3) is 0 Å². The zero-order chi connectivity index (χ0) is 10.2. The number of nitrogens with zero attached hydrogens (tertiary/aromatic N) is 2. The zero-order valence-corrected chi connectivity index (χ0v) is 8.20. The van der Waals surface area contributed by atoms with E-state index in [1.54, 1.807) is 27.0 Å². The predicted octanol–water partition coefficient (Wildman–Crippen LogP) is 0.845. The Balaban J connectivity index is 2.98. The largest absolute Gasteiger partial charge is 0.327 e. The summed E-state index contributed by atoms with van der Waals surface area (Å²) in [5.74, 6) is -0.167. The van der Waals surface area contributed by atoms with E-state index < -0.39 is 5.54 Å². The van der Waals surface area contributed by atoms with Gasteiger partial charge in [-0.15, -0.1) is 6.58 Å². The van der Waals surface area contributed by atoms with E-state index in [2.05, 4.69) is 6.58 Å². The maximum atomic E-state index is 11.7. The third-order valence-electron chi connectivity index (χ3n) is 2.44. The van der Waals surface area contributed by atoms with Gasteiger partial charge < -0.3 is 4.90 Å². The Kier molecular flexibility index (Phi) is 2.15. The fraction of sp³-hybridized carbons (Fsp3) is 0.556. The number of rotatable bonds is 2. The van der Waals surface area contributed by atoms with E-state index in [-0.39, 0.29) is 18.5 Å². The number of carbonyl (C=O) groups excluding carboxylic acids is 2. The highest BCUT2D eigenvalue weighted by Crippen LogP contribution is 2.25. The third kappa shape index (κ3) is 1.22. The minimum Gasteiger partial charge on any atom is -0.313 e. The average Bonchev–Trinajstić information content (AvgIpc) is 2.21. The second-order valence-corrected chi connectivity index (χ2v) is 3.61. The van der Waals surface area contributed by atoms with Gasteiger partial charge in [0, 0.05) is 13.6 Å². The van der Waals surface area contributed by atoms with E-state index in [4.69, 9.17) is 0 Å². The standard InChI is InChI=1S/C9H14N2O2/c1-5-6-11-7(12)9(2,3)10(4)8(11)13/h5H,1,6H2,2-4H3. The Bertz CT molecular complexity index is 271. The van der Waals surface area contributed by atoms with Crippen molar-refractivity contribution in [2.45, 2.75) is 19.4 Å². The molecule has 1 rings (SSSR count). The highest BCUT2D eigenvalue weighted by Gasteiger charge is 2.48. The molecule has 0 aromatic heterocycles. The van der Waals surface area contributed by atoms with Gasteiger partial charge in [0.05, 0.1) is 0 Å². The highest BCUT2D eigenvalue weighted by atomic mass is 16.2. The lowest BCUT2D eigenvalue weighted by molar-refractivity contribution is -0.131. The van der Waals surface area contributed by atoms with Crippen LogP contribution in [0.3, 0.4) is 0 Å². The Morgan fingerprint density at radius 2 is 2.00 bits per heavy atom. The molecule has 0 spiro atoms. The van der Waals surface area contributed by atoms with Gasteiger partial charge in [0.25, 0.3) is 5.91 Å². The molecule has 72 valence electrons. The topological polar surface area (TPSA) is 40.6 Å². The normalized spacial score (nSPS) is 21.2. The van der Waals surface area contributed by atoms with Gasteiger partial charge in [-0.25, -0.2) is 4.79 Å². The molecule has 0 N–H and O–H groups in total. The van der Waals surface area contributed by atoms with Gasteiger partial charge in [-0.3, -0.25) is 9.69 Å². The van der Waals surface area contributed by atoms with Crippen LogP contribution in [-0.4, -0.2) is 40.9 Å². The van der Waals surface area contributed by atoms with Crippen LogP contribution >= 0.6 is 0 Å². The lowest BCUT2D eigenvalue weighted by Crippen LogP contribution is -2.41. The zero-order valence-electron chi connectivity index (χ0n) is 8.20. The smallest absolute Gasteiger partial charge is 0.313 e. The van der Waals surface area contributed by atoms with E-state index in [1.165, 1.54) is 9.80 Å². The number of amides is 3. The minimum absolute atomic E-state index is 0.167. The van der Waals surface area contributed by atoms with E-state index in [9.17, 15) is 9.59 Å². The molecule has 1 fully saturated rings. The molecule has 0 radical (unpaired) electrons. The summed E-state index contributed by atoms with van der Waals surface area (Å²) in [6.07, 6.45) is 1.55. The van der Waals surface area contributed by atoms with Crippen LogP contribution in [0, 0.1) is 0 Å². The monoisotopic (exact) mass is 182 g/mol. The van der Waals surface area contributed by atoms with Crippen molar-refractivity contribution in [3.8, 4) is 0 Å². The van der Waals surface area contributed by atoms with Crippen LogP contribution in [0.15, 0.2) is 12.7 Å². The van der Waals surface area contributed by atoms with Crippen molar-refractivity contribution in [1.29, 1.82) is 0 Å². The average molecular weight is 182 g/mol. The molecule has 1 saturated heterocycles. The summed E-state index contributed by atoms with van der Waals surface area (Å²) in [5, 5.41) is 0. The molecule has 0 aromatic rings. The van der Waals surface area contributed by atoms with Crippen LogP contribution in [0.2, 0.25) is 0 Å². The van der Waals surface area contributed by atoms with Crippen LogP contribution in [0.4, 0.5) is 4.79 Å². The summed E-state index contributed by atoms with van der Waals surface area (Å²) in [7, 11) is 1.63. The molecule has 0 bridgehead atoms. The first-order chi connectivity index (χ1) is 5.92. The highest BCUT2D eigenvalue weighted by molar-refractivity contribution is 6.06. The second-order valence-electron chi connectivity index (χ2n) is 3.61. The molecular formula is C9H14N2O2. The van der Waals surface area contributed by atoms with E-state index in [0.717, 1.165) is 0 Å². The van der Waals surface area contributed by atoms with E-state index in [1.807, 2.05) is 0 Å². The lowest BCUT2D eigenvalue weighted by Gasteiger charge is -2.22. The maximum Gasteiger partial charge on any atom is 0.327 e. The molecule has 3 amide bonds. The minimum atomic E-state index is -0.722. The number of carbonyl (C=O) groups is 2. The van der Waals surface area contributed by atoms with Crippen molar-refractivity contribution in [3.63, 3.8) is 0 Å². The Labute approximate surface area is 77.8 Å². The maximum absolute atomic E-state index is 11.7. The fourth-order valence-corrected chi connectivity index (χ4v) is 1.27. The van der Waals surface area contributed by atoms with Crippen LogP contribution in [0.5, 0.6) is 0 Å². The van der Waals surface area contributed by atoms with Crippen molar-refractivity contribution < 1.29 is 9.59 Å². The third-order valence-corrected chi connectivity index (χ3v) is 2.44. The number of likely N-dealkylation sites (N-methyl/N-ethyl adjacent to an activating group) is 1. The van der Waals surface area contributed by atoms with Crippen molar-refractivity contribution in [2.24, 2.45) is 0 Å². The Hall–Kier alpha value is -1.32. The SMILES string of the molecule is C=CCN1C(=O)N(C)C(C)(C)C1=O. The van der Waals surface area contributed by atoms with Gasteiger partial charge >= 0.3 is 6.03 Å². The van der Waals surface area contributed by atoms with Gasteiger partial charge in [0.15, 0.2) is 0 Å². The number of hydrogen-bond acceptors (Lipinski definition) is 2. The van der Waals surface area contributed by atoms with E-state index in [0.29, 0.717) is 0 Å². The van der Waals surface area contributed by atoms with Gasteiger partial charge in [0.1, 0.15) is 5.54 Å². The molecule has 0 saturated carbocycles. The first kappa shape index (κ1) is 9.77. The summed E-state index contributed by atoms with van der Waals surface area (Å²) in [4.78, 5) is 25.8. The van der Waals surface area contributed by atoms with Crippen molar-refractivity contribution >= 4 is 11.9 Å². The predicted molar refractivity (Wildman–Crippen MR) is 49.1 cm³/mol. The van der Waals surface area contributed by atoms with Crippen LogP contribution < -0.4 is 0 Å². The molecule has 13 heavy (non-hydrogen) atoms. The molecule has 1 aliphatic rings. The first-order valence-corrected chi connectivity index (χ1v) is 4.13. The lowest BCUT2D eigenvalue weighted by atomic mass is 10.1. The van der Waals surface area contributed by atoms with Crippen LogP contribution in [-0.2, 0) is 4.79 Å². The fourth-order valence-electron chi connectivity index (χ4n) is 1.27. The van der Waals surface area contributed by atoms with Gasteiger partial charge in [-0.1, -0.05) is 6.08 Å². The van der Waals surface area contributed by atoms with Crippen molar-refractivity contribution in [3.05, 3.63) is 12.7 Å². The molecule has 4 heteroatoms. The summed E-state index contributed by atoms with van der Waals surface area (Å²) in [6, 6.07) is -0.255. The summed E-state index contributed by atoms with van der Waals surface area (Å²) < 4.78 is 0. The summed E-state index contributed by atoms with van der Waals surface area (Å²) in [5.41, 5.74) is -0.722. The number of imide groups is 1. The molecule has 0 aliphatic carbocycles. The van der Waals surface area contributed by atoms with Gasteiger partial charge in [-0.2, -0.15) is 0 Å². The second kappa shape index (κ2) is 2.87. The Morgan fingerprint density at radius 1 is 1.46 bits per heavy atom. The first-order valence-electron chi connectivity index (χ1n) is 4.13. The Morgan fingerprint density at radius 3 is 2.31 bits per heavy atom. The number of hydrogen-bond donors (Lipinski definition) is 0. The van der Waals surface area contributed by atoms with Gasteiger partial charge in [0.2, 0.25) is 0 Å². The van der Waals surface area contributed by atoms with E-state index >= 15 is 0 Å². The van der Waals surface area contributed by atoms with Crippen molar-refractivity contribution in [1.82, 2.24) is 9.80 Å².